The van der Waals surface area contributed by atoms with Gasteiger partial charge in [0.2, 0.25) is 0 Å². The minimum Gasteiger partial charge on any atom is -0.326 e. The molecule has 2 N–H and O–H groups in total. The predicted octanol–water partition coefficient (Wildman–Crippen LogP) is 4.44. The quantitative estimate of drug-likeness (QED) is 0.627. The number of aryl methyl sites for hydroxylation is 1. The van der Waals surface area contributed by atoms with Gasteiger partial charge >= 0.3 is 0 Å². The average molecular weight is 233 g/mol. The van der Waals surface area contributed by atoms with Crippen LogP contribution in [0.15, 0.2) is 24.3 Å². The molecule has 0 atom stereocenters. The van der Waals surface area contributed by atoms with E-state index in [0.717, 1.165) is 0 Å². The molecule has 1 aromatic rings. The zero-order valence-electron chi connectivity index (χ0n) is 11.3. The van der Waals surface area contributed by atoms with Gasteiger partial charge in [0, 0.05) is 6.54 Å². The summed E-state index contributed by atoms with van der Waals surface area (Å²) in [6.07, 6.45) is 10.8. The summed E-state index contributed by atoms with van der Waals surface area (Å²) in [5.74, 6) is 0. The van der Waals surface area contributed by atoms with E-state index in [1.165, 1.54) is 62.5 Å². The van der Waals surface area contributed by atoms with Crippen LogP contribution in [0.4, 0.5) is 0 Å². The zero-order chi connectivity index (χ0) is 12.3. The Kier molecular flexibility index (Phi) is 7.74. The molecular weight excluding hydrogens is 206 g/mol. The molecule has 1 rings (SSSR count). The molecule has 17 heavy (non-hydrogen) atoms. The summed E-state index contributed by atoms with van der Waals surface area (Å²) in [6, 6.07) is 8.57. The van der Waals surface area contributed by atoms with Crippen LogP contribution in [0.3, 0.4) is 0 Å². The average Bonchev–Trinajstić information content (AvgIpc) is 2.38. The lowest BCUT2D eigenvalue weighted by Crippen LogP contribution is -2.01. The van der Waals surface area contributed by atoms with Crippen molar-refractivity contribution < 1.29 is 0 Å². The van der Waals surface area contributed by atoms with Crippen LogP contribution in [0, 0.1) is 0 Å². The molecule has 96 valence electrons. The smallest absolute Gasteiger partial charge is 0.0180 e. The van der Waals surface area contributed by atoms with Gasteiger partial charge in [0.1, 0.15) is 0 Å². The molecule has 0 saturated heterocycles. The van der Waals surface area contributed by atoms with Gasteiger partial charge in [-0.05, 0) is 24.0 Å². The summed E-state index contributed by atoms with van der Waals surface area (Å²) < 4.78 is 0. The maximum Gasteiger partial charge on any atom is 0.0180 e. The van der Waals surface area contributed by atoms with Crippen molar-refractivity contribution in [1.29, 1.82) is 0 Å². The Bertz CT molecular complexity index is 293. The Morgan fingerprint density at radius 3 is 2.06 bits per heavy atom. The van der Waals surface area contributed by atoms with E-state index >= 15 is 0 Å². The van der Waals surface area contributed by atoms with Crippen LogP contribution in [0.1, 0.15) is 63.0 Å². The fourth-order valence-electron chi connectivity index (χ4n) is 2.27. The van der Waals surface area contributed by atoms with Gasteiger partial charge < -0.3 is 5.73 Å². The van der Waals surface area contributed by atoms with Gasteiger partial charge in [0.25, 0.3) is 0 Å². The van der Waals surface area contributed by atoms with Crippen LogP contribution in [0.25, 0.3) is 0 Å². The highest BCUT2D eigenvalue weighted by molar-refractivity contribution is 5.26. The van der Waals surface area contributed by atoms with E-state index in [2.05, 4.69) is 31.2 Å². The Hall–Kier alpha value is -0.820. The summed E-state index contributed by atoms with van der Waals surface area (Å²) in [7, 11) is 0. The van der Waals surface area contributed by atoms with E-state index in [9.17, 15) is 0 Å². The molecule has 0 aliphatic rings. The number of rotatable bonds is 9. The van der Waals surface area contributed by atoms with Crippen molar-refractivity contribution in [3.63, 3.8) is 0 Å². The number of benzene rings is 1. The van der Waals surface area contributed by atoms with E-state index in [1.54, 1.807) is 0 Å². The van der Waals surface area contributed by atoms with E-state index in [0.29, 0.717) is 6.54 Å². The predicted molar refractivity (Wildman–Crippen MR) is 76.0 cm³/mol. The van der Waals surface area contributed by atoms with Gasteiger partial charge in [-0.15, -0.1) is 0 Å². The Labute approximate surface area is 106 Å². The zero-order valence-corrected chi connectivity index (χ0v) is 11.3. The topological polar surface area (TPSA) is 26.0 Å². The summed E-state index contributed by atoms with van der Waals surface area (Å²) in [5.41, 5.74) is 8.50. The van der Waals surface area contributed by atoms with Crippen molar-refractivity contribution in [3.8, 4) is 0 Å². The number of hydrogen-bond donors (Lipinski definition) is 1. The summed E-state index contributed by atoms with van der Waals surface area (Å²) in [4.78, 5) is 0. The lowest BCUT2D eigenvalue weighted by molar-refractivity contribution is 0.588. The Morgan fingerprint density at radius 1 is 0.824 bits per heavy atom. The summed E-state index contributed by atoms with van der Waals surface area (Å²) >= 11 is 0. The van der Waals surface area contributed by atoms with Gasteiger partial charge in [-0.25, -0.2) is 0 Å². The van der Waals surface area contributed by atoms with E-state index < -0.39 is 0 Å². The van der Waals surface area contributed by atoms with Crippen molar-refractivity contribution in [3.05, 3.63) is 35.4 Å². The van der Waals surface area contributed by atoms with Crippen LogP contribution < -0.4 is 5.73 Å². The lowest BCUT2D eigenvalue weighted by atomic mass is 10.0. The van der Waals surface area contributed by atoms with Crippen LogP contribution in [-0.4, -0.2) is 0 Å². The fourth-order valence-corrected chi connectivity index (χ4v) is 2.27. The molecule has 0 aliphatic carbocycles. The van der Waals surface area contributed by atoms with Crippen LogP contribution in [0.2, 0.25) is 0 Å². The molecule has 1 aromatic carbocycles. The largest absolute Gasteiger partial charge is 0.326 e. The molecule has 0 fully saturated rings. The molecule has 0 saturated carbocycles. The minimum absolute atomic E-state index is 0.673. The molecule has 0 amide bonds. The second-order valence-electron chi connectivity index (χ2n) is 4.84. The second-order valence-corrected chi connectivity index (χ2v) is 4.84. The third-order valence-corrected chi connectivity index (χ3v) is 3.39. The molecule has 0 unspecified atom stereocenters. The molecule has 1 heteroatoms. The third kappa shape index (κ3) is 5.88. The summed E-state index contributed by atoms with van der Waals surface area (Å²) in [6.45, 7) is 2.94. The van der Waals surface area contributed by atoms with Crippen molar-refractivity contribution in [2.45, 2.75) is 64.8 Å². The number of unbranched alkanes of at least 4 members (excludes halogenated alkanes) is 6. The first-order valence-electron chi connectivity index (χ1n) is 7.15. The molecule has 0 spiro atoms. The van der Waals surface area contributed by atoms with Gasteiger partial charge in [0.05, 0.1) is 0 Å². The maximum atomic E-state index is 5.74. The first-order chi connectivity index (χ1) is 8.38. The first kappa shape index (κ1) is 14.2. The number of hydrogen-bond acceptors (Lipinski definition) is 1. The highest BCUT2D eigenvalue weighted by Gasteiger charge is 1.99. The molecular formula is C16H27N. The maximum absolute atomic E-state index is 5.74. The highest BCUT2D eigenvalue weighted by atomic mass is 14.5. The van der Waals surface area contributed by atoms with Gasteiger partial charge in [-0.3, -0.25) is 0 Å². The highest BCUT2D eigenvalue weighted by Crippen LogP contribution is 2.13. The standard InChI is InChI=1S/C16H27N/c1-2-3-4-5-6-7-8-11-15-12-9-10-13-16(15)14-17/h9-10,12-13H,2-8,11,14,17H2,1H3. The Balaban J connectivity index is 2.13. The van der Waals surface area contributed by atoms with Crippen LogP contribution in [0.5, 0.6) is 0 Å². The third-order valence-electron chi connectivity index (χ3n) is 3.39. The molecule has 0 radical (unpaired) electrons. The van der Waals surface area contributed by atoms with Crippen molar-refractivity contribution in [2.24, 2.45) is 5.73 Å². The normalized spacial score (nSPS) is 10.7. The molecule has 0 aliphatic heterocycles. The minimum atomic E-state index is 0.673. The second kappa shape index (κ2) is 9.23. The number of nitrogens with two attached hydrogens (primary N) is 1. The SMILES string of the molecule is CCCCCCCCCc1ccccc1CN. The molecule has 0 heterocycles. The van der Waals surface area contributed by atoms with E-state index in [1.807, 2.05) is 0 Å². The molecule has 1 nitrogen and oxygen atoms in total. The van der Waals surface area contributed by atoms with Gasteiger partial charge in [0.15, 0.2) is 0 Å². The monoisotopic (exact) mass is 233 g/mol. The van der Waals surface area contributed by atoms with Crippen LogP contribution >= 0.6 is 0 Å². The van der Waals surface area contributed by atoms with Crippen molar-refractivity contribution in [1.82, 2.24) is 0 Å². The van der Waals surface area contributed by atoms with E-state index in [4.69, 9.17) is 5.73 Å². The van der Waals surface area contributed by atoms with Gasteiger partial charge in [-0.2, -0.15) is 0 Å². The van der Waals surface area contributed by atoms with Gasteiger partial charge in [-0.1, -0.05) is 69.7 Å². The summed E-state index contributed by atoms with van der Waals surface area (Å²) in [5, 5.41) is 0. The first-order valence-corrected chi connectivity index (χ1v) is 7.15. The molecule has 0 aromatic heterocycles. The fraction of sp³-hybridized carbons (Fsp3) is 0.625. The van der Waals surface area contributed by atoms with E-state index in [-0.39, 0.29) is 0 Å². The van der Waals surface area contributed by atoms with Crippen molar-refractivity contribution >= 4 is 0 Å². The molecule has 0 bridgehead atoms. The van der Waals surface area contributed by atoms with Crippen molar-refractivity contribution in [2.75, 3.05) is 0 Å². The Morgan fingerprint density at radius 2 is 1.41 bits per heavy atom. The van der Waals surface area contributed by atoms with Crippen LogP contribution in [-0.2, 0) is 13.0 Å². The lowest BCUT2D eigenvalue weighted by Gasteiger charge is -2.07.